The van der Waals surface area contributed by atoms with Crippen molar-refractivity contribution in [2.75, 3.05) is 5.32 Å². The Labute approximate surface area is 123 Å². The Balaban J connectivity index is 1.80. The van der Waals surface area contributed by atoms with Crippen LogP contribution in [0.3, 0.4) is 0 Å². The second-order valence-electron chi connectivity index (χ2n) is 4.61. The minimum absolute atomic E-state index is 0.255. The number of nitrogens with zero attached hydrogens (tertiary/aromatic N) is 4. The van der Waals surface area contributed by atoms with Crippen LogP contribution in [0.2, 0.25) is 0 Å². The van der Waals surface area contributed by atoms with Gasteiger partial charge in [0.15, 0.2) is 0 Å². The van der Waals surface area contributed by atoms with Crippen LogP contribution in [-0.2, 0) is 6.42 Å². The third-order valence-corrected chi connectivity index (χ3v) is 3.59. The van der Waals surface area contributed by atoms with Gasteiger partial charge in [0.25, 0.3) is 5.91 Å². The van der Waals surface area contributed by atoms with Crippen molar-refractivity contribution < 1.29 is 4.79 Å². The molecule has 7 nitrogen and oxygen atoms in total. The molecule has 2 N–H and O–H groups in total. The third kappa shape index (κ3) is 2.69. The van der Waals surface area contributed by atoms with E-state index in [9.17, 15) is 4.79 Å². The predicted molar refractivity (Wildman–Crippen MR) is 75.4 cm³/mol. The van der Waals surface area contributed by atoms with Gasteiger partial charge in [0, 0.05) is 18.5 Å². The number of aryl methyl sites for hydroxylation is 1. The zero-order valence-electron chi connectivity index (χ0n) is 10.9. The molecule has 1 fully saturated rings. The summed E-state index contributed by atoms with van der Waals surface area (Å²) in [6.07, 6.45) is 4.52. The lowest BCUT2D eigenvalue weighted by Crippen LogP contribution is -2.16. The maximum absolute atomic E-state index is 12.2. The van der Waals surface area contributed by atoms with Gasteiger partial charge >= 0.3 is 0 Å². The van der Waals surface area contributed by atoms with Crippen molar-refractivity contribution in [1.29, 1.82) is 0 Å². The summed E-state index contributed by atoms with van der Waals surface area (Å²) in [6, 6.07) is 0. The molecule has 104 valence electrons. The molecule has 0 aromatic carbocycles. The van der Waals surface area contributed by atoms with E-state index < -0.39 is 0 Å². The molecule has 0 saturated heterocycles. The van der Waals surface area contributed by atoms with E-state index in [4.69, 9.17) is 0 Å². The number of halogens is 1. The fraction of sp³-hybridized carbons (Fsp3) is 0.417. The minimum Gasteiger partial charge on any atom is -0.288 e. The summed E-state index contributed by atoms with van der Waals surface area (Å²) in [7, 11) is 0. The van der Waals surface area contributed by atoms with E-state index in [2.05, 4.69) is 46.4 Å². The Morgan fingerprint density at radius 1 is 1.50 bits per heavy atom. The fourth-order valence-corrected chi connectivity index (χ4v) is 2.12. The minimum atomic E-state index is -0.345. The number of hydrogen-bond donors (Lipinski definition) is 2. The number of carbonyl (C=O) groups is 1. The van der Waals surface area contributed by atoms with Crippen LogP contribution in [0.1, 0.15) is 47.8 Å². The summed E-state index contributed by atoms with van der Waals surface area (Å²) < 4.78 is 0.561. The molecule has 0 bridgehead atoms. The average molecular weight is 337 g/mol. The molecule has 0 radical (unpaired) electrons. The van der Waals surface area contributed by atoms with Gasteiger partial charge in [-0.25, -0.2) is 9.97 Å². The topological polar surface area (TPSA) is 96.5 Å². The number of carbonyl (C=O) groups excluding carboxylic acids is 1. The largest absolute Gasteiger partial charge is 0.288 e. The lowest BCUT2D eigenvalue weighted by molar-refractivity contribution is 0.102. The van der Waals surface area contributed by atoms with Gasteiger partial charge in [0.05, 0.1) is 4.47 Å². The SMILES string of the molecule is CCc1nc(NC(=O)c2nc(C3CC3)ncc2Br)n[nH]1. The van der Waals surface area contributed by atoms with E-state index in [0.29, 0.717) is 16.1 Å². The van der Waals surface area contributed by atoms with Crippen molar-refractivity contribution in [3.8, 4) is 0 Å². The first-order valence-corrected chi connectivity index (χ1v) is 7.21. The maximum atomic E-state index is 12.2. The number of H-pyrrole nitrogens is 1. The molecule has 2 aromatic rings. The molecular formula is C12H13BrN6O. The van der Waals surface area contributed by atoms with Gasteiger partial charge in [0.1, 0.15) is 17.3 Å². The van der Waals surface area contributed by atoms with E-state index in [1.165, 1.54) is 0 Å². The number of hydrogen-bond acceptors (Lipinski definition) is 5. The van der Waals surface area contributed by atoms with Crippen LogP contribution in [0.4, 0.5) is 5.95 Å². The maximum Gasteiger partial charge on any atom is 0.277 e. The molecule has 0 unspecified atom stereocenters. The first kappa shape index (κ1) is 13.2. The smallest absolute Gasteiger partial charge is 0.277 e. The fourth-order valence-electron chi connectivity index (χ4n) is 1.75. The van der Waals surface area contributed by atoms with Crippen molar-refractivity contribution in [2.24, 2.45) is 0 Å². The van der Waals surface area contributed by atoms with Gasteiger partial charge in [-0.3, -0.25) is 15.2 Å². The Bertz CT molecular complexity index is 651. The molecule has 2 aromatic heterocycles. The Kier molecular flexibility index (Phi) is 3.47. The summed E-state index contributed by atoms with van der Waals surface area (Å²) in [6.45, 7) is 1.95. The molecule has 1 aliphatic carbocycles. The van der Waals surface area contributed by atoms with Crippen molar-refractivity contribution in [3.05, 3.63) is 28.0 Å². The number of aromatic nitrogens is 5. The van der Waals surface area contributed by atoms with Crippen LogP contribution in [0, 0.1) is 0 Å². The van der Waals surface area contributed by atoms with Gasteiger partial charge < -0.3 is 0 Å². The van der Waals surface area contributed by atoms with Crippen LogP contribution in [0.25, 0.3) is 0 Å². The number of rotatable bonds is 4. The van der Waals surface area contributed by atoms with Gasteiger partial charge in [-0.2, -0.15) is 4.98 Å². The lowest BCUT2D eigenvalue weighted by Gasteiger charge is -2.04. The highest BCUT2D eigenvalue weighted by molar-refractivity contribution is 9.10. The Hall–Kier alpha value is -1.83. The van der Waals surface area contributed by atoms with Crippen molar-refractivity contribution in [1.82, 2.24) is 25.1 Å². The van der Waals surface area contributed by atoms with E-state index in [1.807, 2.05) is 6.92 Å². The first-order valence-electron chi connectivity index (χ1n) is 6.42. The van der Waals surface area contributed by atoms with E-state index in [0.717, 1.165) is 30.9 Å². The molecule has 20 heavy (non-hydrogen) atoms. The summed E-state index contributed by atoms with van der Waals surface area (Å²) in [5, 5.41) is 9.30. The first-order chi connectivity index (χ1) is 9.67. The molecule has 1 amide bonds. The summed E-state index contributed by atoms with van der Waals surface area (Å²) in [5.74, 6) is 1.75. The third-order valence-electron chi connectivity index (χ3n) is 3.01. The quantitative estimate of drug-likeness (QED) is 0.890. The molecule has 0 spiro atoms. The zero-order valence-corrected chi connectivity index (χ0v) is 12.4. The lowest BCUT2D eigenvalue weighted by atomic mass is 10.3. The van der Waals surface area contributed by atoms with Gasteiger partial charge in [-0.1, -0.05) is 6.92 Å². The second kappa shape index (κ2) is 5.28. The van der Waals surface area contributed by atoms with Crippen molar-refractivity contribution in [3.63, 3.8) is 0 Å². The van der Waals surface area contributed by atoms with Crippen LogP contribution < -0.4 is 5.32 Å². The van der Waals surface area contributed by atoms with Gasteiger partial charge in [-0.05, 0) is 28.8 Å². The van der Waals surface area contributed by atoms with Gasteiger partial charge in [0.2, 0.25) is 5.95 Å². The average Bonchev–Trinajstić information content (AvgIpc) is 3.19. The predicted octanol–water partition coefficient (Wildman–Crippen LogP) is 2.05. The number of amides is 1. The highest BCUT2D eigenvalue weighted by atomic mass is 79.9. The van der Waals surface area contributed by atoms with E-state index >= 15 is 0 Å². The standard InChI is InChI=1S/C12H13BrN6O/c1-2-8-15-12(19-18-8)17-11(20)9-7(13)5-14-10(16-9)6-3-4-6/h5-6H,2-4H2,1H3,(H2,15,17,18,19,20). The number of anilines is 1. The van der Waals surface area contributed by atoms with Crippen molar-refractivity contribution >= 4 is 27.8 Å². The zero-order chi connectivity index (χ0) is 14.1. The molecule has 2 heterocycles. The van der Waals surface area contributed by atoms with Crippen LogP contribution in [0.5, 0.6) is 0 Å². The van der Waals surface area contributed by atoms with E-state index in [-0.39, 0.29) is 11.9 Å². The van der Waals surface area contributed by atoms with Crippen LogP contribution >= 0.6 is 15.9 Å². The molecule has 0 atom stereocenters. The van der Waals surface area contributed by atoms with Crippen LogP contribution in [-0.4, -0.2) is 31.1 Å². The molecule has 3 rings (SSSR count). The van der Waals surface area contributed by atoms with Gasteiger partial charge in [-0.15, -0.1) is 5.10 Å². The number of aromatic amines is 1. The highest BCUT2D eigenvalue weighted by Gasteiger charge is 2.28. The molecule has 8 heteroatoms. The van der Waals surface area contributed by atoms with E-state index in [1.54, 1.807) is 6.20 Å². The summed E-state index contributed by atoms with van der Waals surface area (Å²) >= 11 is 3.30. The Morgan fingerprint density at radius 2 is 2.30 bits per heavy atom. The molecule has 0 aliphatic heterocycles. The molecule has 1 saturated carbocycles. The highest BCUT2D eigenvalue weighted by Crippen LogP contribution is 2.38. The van der Waals surface area contributed by atoms with Crippen LogP contribution in [0.15, 0.2) is 10.7 Å². The monoisotopic (exact) mass is 336 g/mol. The molecule has 1 aliphatic rings. The summed E-state index contributed by atoms with van der Waals surface area (Å²) in [4.78, 5) is 24.9. The molecular weight excluding hydrogens is 324 g/mol. The Morgan fingerprint density at radius 3 is 2.95 bits per heavy atom. The number of nitrogens with one attached hydrogen (secondary N) is 2. The second-order valence-corrected chi connectivity index (χ2v) is 5.47. The van der Waals surface area contributed by atoms with Crippen molar-refractivity contribution in [2.45, 2.75) is 32.1 Å². The summed E-state index contributed by atoms with van der Waals surface area (Å²) in [5.41, 5.74) is 0.310. The normalized spacial score (nSPS) is 14.3.